The average molecular weight is 303 g/mol. The van der Waals surface area contributed by atoms with Gasteiger partial charge in [-0.2, -0.15) is 0 Å². The number of aliphatic carboxylic acids is 1. The van der Waals surface area contributed by atoms with Crippen LogP contribution in [0.1, 0.15) is 21.6 Å². The number of carbonyl (C=O) groups excluding carboxylic acids is 1. The molecule has 0 spiro atoms. The number of carboxylic acid groups (broad SMARTS) is 1. The number of carbonyl (C=O) groups is 2. The van der Waals surface area contributed by atoms with E-state index in [1.165, 1.54) is 34.7 Å². The van der Waals surface area contributed by atoms with Crippen molar-refractivity contribution in [1.82, 2.24) is 14.9 Å². The van der Waals surface area contributed by atoms with Crippen LogP contribution in [0.2, 0.25) is 0 Å². The van der Waals surface area contributed by atoms with Crippen molar-refractivity contribution < 1.29 is 14.7 Å². The summed E-state index contributed by atoms with van der Waals surface area (Å²) < 4.78 is 0. The minimum Gasteiger partial charge on any atom is -0.478 e. The van der Waals surface area contributed by atoms with E-state index in [0.717, 1.165) is 11.8 Å². The van der Waals surface area contributed by atoms with Crippen molar-refractivity contribution in [2.45, 2.75) is 6.54 Å². The van der Waals surface area contributed by atoms with Crippen molar-refractivity contribution in [1.29, 1.82) is 0 Å². The van der Waals surface area contributed by atoms with E-state index in [2.05, 4.69) is 9.97 Å². The highest BCUT2D eigenvalue weighted by Crippen LogP contribution is 2.13. The van der Waals surface area contributed by atoms with Crippen molar-refractivity contribution in [3.8, 4) is 0 Å². The summed E-state index contributed by atoms with van der Waals surface area (Å²) in [6, 6.07) is 1.57. The standard InChI is InChI=1S/C14H13N3O3S/c1-17(7-11-8-21-9-16-11)14(20)12-4-5-15-6-10(12)2-3-13(18)19/h2-6,8-9H,7H2,1H3,(H,18,19). The van der Waals surface area contributed by atoms with Crippen LogP contribution in [0.4, 0.5) is 0 Å². The van der Waals surface area contributed by atoms with Crippen LogP contribution in [0, 0.1) is 0 Å². The van der Waals surface area contributed by atoms with Crippen molar-refractivity contribution in [3.63, 3.8) is 0 Å². The smallest absolute Gasteiger partial charge is 0.328 e. The number of pyridine rings is 1. The van der Waals surface area contributed by atoms with Gasteiger partial charge in [0.2, 0.25) is 0 Å². The lowest BCUT2D eigenvalue weighted by molar-refractivity contribution is -0.131. The van der Waals surface area contributed by atoms with Crippen molar-refractivity contribution in [3.05, 3.63) is 52.2 Å². The number of rotatable bonds is 5. The van der Waals surface area contributed by atoms with Crippen LogP contribution >= 0.6 is 11.3 Å². The molecule has 0 unspecified atom stereocenters. The molecule has 0 radical (unpaired) electrons. The number of thiazole rings is 1. The molecule has 0 saturated carbocycles. The number of nitrogens with zero attached hydrogens (tertiary/aromatic N) is 3. The molecule has 108 valence electrons. The molecule has 2 rings (SSSR count). The molecule has 0 atom stereocenters. The Balaban J connectivity index is 2.20. The fraction of sp³-hybridized carbons (Fsp3) is 0.143. The number of hydrogen-bond donors (Lipinski definition) is 1. The summed E-state index contributed by atoms with van der Waals surface area (Å²) in [5, 5.41) is 10.6. The molecule has 0 bridgehead atoms. The Morgan fingerprint density at radius 3 is 2.95 bits per heavy atom. The maximum absolute atomic E-state index is 12.4. The highest BCUT2D eigenvalue weighted by atomic mass is 32.1. The highest BCUT2D eigenvalue weighted by molar-refractivity contribution is 7.07. The lowest BCUT2D eigenvalue weighted by Gasteiger charge is -2.17. The zero-order chi connectivity index (χ0) is 15.2. The summed E-state index contributed by atoms with van der Waals surface area (Å²) in [4.78, 5) is 32.6. The van der Waals surface area contributed by atoms with Crippen LogP contribution in [0.3, 0.4) is 0 Å². The van der Waals surface area contributed by atoms with Crippen molar-refractivity contribution in [2.75, 3.05) is 7.05 Å². The molecule has 0 aliphatic carbocycles. The van der Waals surface area contributed by atoms with Gasteiger partial charge in [-0.15, -0.1) is 11.3 Å². The predicted molar refractivity (Wildman–Crippen MR) is 78.8 cm³/mol. The molecule has 2 aromatic rings. The molecule has 2 heterocycles. The molecule has 0 aliphatic heterocycles. The molecule has 7 heteroatoms. The van der Waals surface area contributed by atoms with Gasteiger partial charge in [0, 0.05) is 42.0 Å². The predicted octanol–water partition coefficient (Wildman–Crippen LogP) is 1.91. The fourth-order valence-corrected chi connectivity index (χ4v) is 2.28. The first kappa shape index (κ1) is 14.9. The maximum Gasteiger partial charge on any atom is 0.328 e. The molecule has 21 heavy (non-hydrogen) atoms. The maximum atomic E-state index is 12.4. The Morgan fingerprint density at radius 1 is 1.48 bits per heavy atom. The summed E-state index contributed by atoms with van der Waals surface area (Å²) in [7, 11) is 1.67. The van der Waals surface area contributed by atoms with Gasteiger partial charge in [-0.1, -0.05) is 0 Å². The third-order valence-corrected chi connectivity index (χ3v) is 3.35. The summed E-state index contributed by atoms with van der Waals surface area (Å²) >= 11 is 1.47. The van der Waals surface area contributed by atoms with E-state index in [1.807, 2.05) is 5.38 Å². The summed E-state index contributed by atoms with van der Waals surface area (Å²) in [5.41, 5.74) is 3.39. The zero-order valence-electron chi connectivity index (χ0n) is 11.3. The molecule has 0 aliphatic rings. The van der Waals surface area contributed by atoms with Gasteiger partial charge in [-0.05, 0) is 12.1 Å². The van der Waals surface area contributed by atoms with Gasteiger partial charge in [-0.25, -0.2) is 9.78 Å². The summed E-state index contributed by atoms with van der Waals surface area (Å²) in [6.07, 6.45) is 5.30. The SMILES string of the molecule is CN(Cc1cscn1)C(=O)c1ccncc1C=CC(=O)O. The topological polar surface area (TPSA) is 83.4 Å². The average Bonchev–Trinajstić information content (AvgIpc) is 2.97. The van der Waals surface area contributed by atoms with Crippen LogP contribution in [0.25, 0.3) is 6.08 Å². The second kappa shape index (κ2) is 6.76. The lowest BCUT2D eigenvalue weighted by Crippen LogP contribution is -2.27. The van der Waals surface area contributed by atoms with Gasteiger partial charge in [-0.3, -0.25) is 9.78 Å². The number of hydrogen-bond acceptors (Lipinski definition) is 5. The van der Waals surface area contributed by atoms with E-state index in [-0.39, 0.29) is 5.91 Å². The van der Waals surface area contributed by atoms with Gasteiger partial charge in [0.25, 0.3) is 5.91 Å². The van der Waals surface area contributed by atoms with Crippen LogP contribution in [0.5, 0.6) is 0 Å². The Labute approximate surface area is 125 Å². The minimum atomic E-state index is -1.08. The fourth-order valence-electron chi connectivity index (χ4n) is 1.73. The molecule has 6 nitrogen and oxygen atoms in total. The zero-order valence-corrected chi connectivity index (χ0v) is 12.1. The molecule has 0 saturated heterocycles. The van der Waals surface area contributed by atoms with Crippen molar-refractivity contribution in [2.24, 2.45) is 0 Å². The third-order valence-electron chi connectivity index (χ3n) is 2.72. The minimum absolute atomic E-state index is 0.213. The van der Waals surface area contributed by atoms with E-state index < -0.39 is 5.97 Å². The summed E-state index contributed by atoms with van der Waals surface area (Å²) in [5.74, 6) is -1.29. The van der Waals surface area contributed by atoms with Crippen molar-refractivity contribution >= 4 is 29.3 Å². The Hall–Kier alpha value is -2.54. The molecule has 1 amide bonds. The normalized spacial score (nSPS) is 10.7. The number of amides is 1. The Kier molecular flexibility index (Phi) is 4.78. The second-order valence-corrected chi connectivity index (χ2v) is 4.99. The summed E-state index contributed by atoms with van der Waals surface area (Å²) in [6.45, 7) is 0.396. The Morgan fingerprint density at radius 2 is 2.29 bits per heavy atom. The van der Waals surface area contributed by atoms with E-state index in [9.17, 15) is 9.59 Å². The highest BCUT2D eigenvalue weighted by Gasteiger charge is 2.15. The molecular formula is C14H13N3O3S. The first-order valence-corrected chi connectivity index (χ1v) is 6.99. The van der Waals surface area contributed by atoms with Gasteiger partial charge < -0.3 is 10.0 Å². The first-order valence-electron chi connectivity index (χ1n) is 6.05. The third kappa shape index (κ3) is 3.96. The molecule has 2 aromatic heterocycles. The van der Waals surface area contributed by atoms with E-state index in [1.54, 1.807) is 18.6 Å². The van der Waals surface area contributed by atoms with Gasteiger partial charge in [0.15, 0.2) is 0 Å². The van der Waals surface area contributed by atoms with Crippen LogP contribution < -0.4 is 0 Å². The first-order chi connectivity index (χ1) is 10.1. The molecular weight excluding hydrogens is 290 g/mol. The van der Waals surface area contributed by atoms with E-state index in [0.29, 0.717) is 17.7 Å². The number of carboxylic acids is 1. The van der Waals surface area contributed by atoms with Crippen LogP contribution in [0.15, 0.2) is 35.4 Å². The molecule has 0 aromatic carbocycles. The van der Waals surface area contributed by atoms with Gasteiger partial charge in [0.1, 0.15) is 0 Å². The van der Waals surface area contributed by atoms with Gasteiger partial charge in [0.05, 0.1) is 17.7 Å². The lowest BCUT2D eigenvalue weighted by atomic mass is 10.1. The van der Waals surface area contributed by atoms with Gasteiger partial charge >= 0.3 is 5.97 Å². The second-order valence-electron chi connectivity index (χ2n) is 4.28. The van der Waals surface area contributed by atoms with Crippen LogP contribution in [-0.4, -0.2) is 38.9 Å². The van der Waals surface area contributed by atoms with E-state index in [4.69, 9.17) is 5.11 Å². The Bertz CT molecular complexity index is 668. The molecule has 1 N–H and O–H groups in total. The quantitative estimate of drug-likeness (QED) is 0.853. The van der Waals surface area contributed by atoms with E-state index >= 15 is 0 Å². The van der Waals surface area contributed by atoms with Crippen LogP contribution in [-0.2, 0) is 11.3 Å². The molecule has 0 fully saturated rings. The monoisotopic (exact) mass is 303 g/mol. The largest absolute Gasteiger partial charge is 0.478 e. The number of aromatic nitrogens is 2.